The number of hydrogen-bond donors (Lipinski definition) is 2. The summed E-state index contributed by atoms with van der Waals surface area (Å²) < 4.78 is 18.9. The van der Waals surface area contributed by atoms with Gasteiger partial charge in [0.15, 0.2) is 5.96 Å². The third kappa shape index (κ3) is 7.24. The van der Waals surface area contributed by atoms with Crippen LogP contribution in [0.1, 0.15) is 37.3 Å². The molecule has 2 aliphatic rings. The highest BCUT2D eigenvalue weighted by molar-refractivity contribution is 5.79. The van der Waals surface area contributed by atoms with Crippen molar-refractivity contribution >= 4 is 5.96 Å². The molecule has 2 N–H and O–H groups in total. The molecular weight excluding hydrogens is 369 g/mol. The average Bonchev–Trinajstić information content (AvgIpc) is 3.03. The number of likely N-dealkylation sites (tertiary alicyclic amines) is 1. The molecule has 162 valence electrons. The summed E-state index contributed by atoms with van der Waals surface area (Å²) in [6, 6.07) is 7.00. The molecule has 0 aliphatic carbocycles. The van der Waals surface area contributed by atoms with Gasteiger partial charge in [0.1, 0.15) is 5.82 Å². The second-order valence-corrected chi connectivity index (χ2v) is 7.85. The molecular formula is C22H36FN5O. The number of nitrogens with one attached hydrogen (secondary N) is 2. The number of halogens is 1. The van der Waals surface area contributed by atoms with Gasteiger partial charge in [-0.3, -0.25) is 9.89 Å². The molecule has 2 aliphatic heterocycles. The van der Waals surface area contributed by atoms with Crippen molar-refractivity contribution < 1.29 is 9.13 Å². The van der Waals surface area contributed by atoms with Crippen LogP contribution in [-0.4, -0.2) is 81.8 Å². The first-order chi connectivity index (χ1) is 14.3. The minimum absolute atomic E-state index is 0.156. The van der Waals surface area contributed by atoms with Gasteiger partial charge in [-0.25, -0.2) is 4.39 Å². The van der Waals surface area contributed by atoms with E-state index < -0.39 is 0 Å². The fraction of sp³-hybridized carbons (Fsp3) is 0.682. The van der Waals surface area contributed by atoms with Gasteiger partial charge in [-0.2, -0.15) is 0 Å². The highest BCUT2D eigenvalue weighted by Gasteiger charge is 2.23. The Hall–Kier alpha value is -1.70. The first-order valence-corrected chi connectivity index (χ1v) is 11.0. The Morgan fingerprint density at radius 2 is 1.72 bits per heavy atom. The van der Waals surface area contributed by atoms with E-state index in [1.165, 1.54) is 50.9 Å². The Morgan fingerprint density at radius 1 is 1.03 bits per heavy atom. The Morgan fingerprint density at radius 3 is 2.38 bits per heavy atom. The maximum atomic E-state index is 13.4. The van der Waals surface area contributed by atoms with E-state index in [9.17, 15) is 4.39 Å². The lowest BCUT2D eigenvalue weighted by atomic mass is 10.0. The van der Waals surface area contributed by atoms with Crippen LogP contribution in [0.2, 0.25) is 0 Å². The molecule has 2 saturated heterocycles. The molecule has 6 nitrogen and oxygen atoms in total. The van der Waals surface area contributed by atoms with Crippen molar-refractivity contribution in [2.75, 3.05) is 66.1 Å². The predicted molar refractivity (Wildman–Crippen MR) is 116 cm³/mol. The van der Waals surface area contributed by atoms with E-state index in [0.717, 1.165) is 57.5 Å². The lowest BCUT2D eigenvalue weighted by molar-refractivity contribution is 0.0170. The Labute approximate surface area is 174 Å². The Balaban J connectivity index is 1.51. The van der Waals surface area contributed by atoms with Gasteiger partial charge >= 0.3 is 0 Å². The quantitative estimate of drug-likeness (QED) is 0.538. The summed E-state index contributed by atoms with van der Waals surface area (Å²) in [5, 5.41) is 6.92. The molecule has 1 unspecified atom stereocenters. The van der Waals surface area contributed by atoms with Crippen molar-refractivity contribution in [1.82, 2.24) is 20.4 Å². The molecule has 7 heteroatoms. The van der Waals surface area contributed by atoms with E-state index in [-0.39, 0.29) is 11.9 Å². The van der Waals surface area contributed by atoms with Crippen molar-refractivity contribution in [3.63, 3.8) is 0 Å². The van der Waals surface area contributed by atoms with Gasteiger partial charge < -0.3 is 20.3 Å². The van der Waals surface area contributed by atoms with Crippen LogP contribution in [0.25, 0.3) is 0 Å². The summed E-state index contributed by atoms with van der Waals surface area (Å²) >= 11 is 0. The fourth-order valence-electron chi connectivity index (χ4n) is 4.14. The molecule has 2 fully saturated rings. The van der Waals surface area contributed by atoms with Crippen molar-refractivity contribution in [2.24, 2.45) is 4.99 Å². The van der Waals surface area contributed by atoms with E-state index in [1.807, 2.05) is 19.2 Å². The lowest BCUT2D eigenvalue weighted by Crippen LogP contribution is -2.47. The smallest absolute Gasteiger partial charge is 0.191 e. The highest BCUT2D eigenvalue weighted by Crippen LogP contribution is 2.21. The van der Waals surface area contributed by atoms with Gasteiger partial charge in [0, 0.05) is 39.8 Å². The zero-order valence-electron chi connectivity index (χ0n) is 17.7. The maximum absolute atomic E-state index is 13.4. The SMILES string of the molecule is CN=C(NCCN1CCCCCC1)NCC(c1ccc(F)cc1)N1CCOCC1. The maximum Gasteiger partial charge on any atom is 0.191 e. The minimum atomic E-state index is -0.201. The van der Waals surface area contributed by atoms with E-state index in [1.54, 1.807) is 0 Å². The summed E-state index contributed by atoms with van der Waals surface area (Å²) in [6.45, 7) is 8.30. The molecule has 0 aromatic heterocycles. The summed E-state index contributed by atoms with van der Waals surface area (Å²) in [6.07, 6.45) is 5.34. The Kier molecular flexibility index (Phi) is 9.18. The van der Waals surface area contributed by atoms with Crippen LogP contribution in [-0.2, 0) is 4.74 Å². The molecule has 1 aromatic carbocycles. The lowest BCUT2D eigenvalue weighted by Gasteiger charge is -2.35. The zero-order chi connectivity index (χ0) is 20.3. The van der Waals surface area contributed by atoms with Crippen LogP contribution in [0.4, 0.5) is 4.39 Å². The Bertz CT molecular complexity index is 610. The number of nitrogens with zero attached hydrogens (tertiary/aromatic N) is 3. The molecule has 0 amide bonds. The second kappa shape index (κ2) is 12.1. The number of hydrogen-bond acceptors (Lipinski definition) is 4. The van der Waals surface area contributed by atoms with E-state index in [4.69, 9.17) is 4.74 Å². The van der Waals surface area contributed by atoms with Gasteiger partial charge in [0.25, 0.3) is 0 Å². The van der Waals surface area contributed by atoms with Crippen LogP contribution < -0.4 is 10.6 Å². The van der Waals surface area contributed by atoms with Gasteiger partial charge in [-0.05, 0) is 43.6 Å². The monoisotopic (exact) mass is 405 g/mol. The molecule has 0 radical (unpaired) electrons. The number of guanidine groups is 1. The summed E-state index contributed by atoms with van der Waals surface area (Å²) in [5.74, 6) is 0.619. The number of ether oxygens (including phenoxy) is 1. The van der Waals surface area contributed by atoms with Crippen molar-refractivity contribution in [3.05, 3.63) is 35.6 Å². The summed E-state index contributed by atoms with van der Waals surface area (Å²) in [4.78, 5) is 9.33. The van der Waals surface area contributed by atoms with Crippen molar-refractivity contribution in [3.8, 4) is 0 Å². The third-order valence-corrected chi connectivity index (χ3v) is 5.85. The molecule has 29 heavy (non-hydrogen) atoms. The van der Waals surface area contributed by atoms with E-state index in [0.29, 0.717) is 0 Å². The first kappa shape index (κ1) is 22.0. The van der Waals surface area contributed by atoms with Gasteiger partial charge in [0.2, 0.25) is 0 Å². The van der Waals surface area contributed by atoms with Crippen LogP contribution in [0, 0.1) is 5.82 Å². The molecule has 0 bridgehead atoms. The first-order valence-electron chi connectivity index (χ1n) is 11.0. The van der Waals surface area contributed by atoms with Gasteiger partial charge in [0.05, 0.1) is 19.3 Å². The molecule has 2 heterocycles. The zero-order valence-corrected chi connectivity index (χ0v) is 17.7. The molecule has 0 spiro atoms. The predicted octanol–water partition coefficient (Wildman–Crippen LogP) is 2.24. The van der Waals surface area contributed by atoms with Crippen molar-refractivity contribution in [2.45, 2.75) is 31.7 Å². The van der Waals surface area contributed by atoms with E-state index in [2.05, 4.69) is 25.4 Å². The average molecular weight is 406 g/mol. The second-order valence-electron chi connectivity index (χ2n) is 7.85. The molecule has 3 rings (SSSR count). The molecule has 1 atom stereocenters. The van der Waals surface area contributed by atoms with E-state index >= 15 is 0 Å². The summed E-state index contributed by atoms with van der Waals surface area (Å²) in [5.41, 5.74) is 1.11. The third-order valence-electron chi connectivity index (χ3n) is 5.85. The number of morpholine rings is 1. The fourth-order valence-corrected chi connectivity index (χ4v) is 4.14. The highest BCUT2D eigenvalue weighted by atomic mass is 19.1. The largest absolute Gasteiger partial charge is 0.379 e. The van der Waals surface area contributed by atoms with Gasteiger partial charge in [-0.15, -0.1) is 0 Å². The van der Waals surface area contributed by atoms with Crippen LogP contribution >= 0.6 is 0 Å². The van der Waals surface area contributed by atoms with Crippen molar-refractivity contribution in [1.29, 1.82) is 0 Å². The summed E-state index contributed by atoms with van der Waals surface area (Å²) in [7, 11) is 1.81. The number of aliphatic imine (C=N–C) groups is 1. The van der Waals surface area contributed by atoms with Gasteiger partial charge in [-0.1, -0.05) is 25.0 Å². The molecule has 0 saturated carbocycles. The standard InChI is InChI=1S/C22H36FN5O/c1-24-22(25-10-13-27-11-4-2-3-5-12-27)26-18-21(28-14-16-29-17-15-28)19-6-8-20(23)9-7-19/h6-9,21H,2-5,10-18H2,1H3,(H2,24,25,26). The number of rotatable bonds is 7. The topological polar surface area (TPSA) is 52.1 Å². The van der Waals surface area contributed by atoms with Crippen LogP contribution in [0.5, 0.6) is 0 Å². The van der Waals surface area contributed by atoms with Crippen LogP contribution in [0.3, 0.4) is 0 Å². The van der Waals surface area contributed by atoms with Crippen LogP contribution in [0.15, 0.2) is 29.3 Å². The minimum Gasteiger partial charge on any atom is -0.379 e. The number of benzene rings is 1. The molecule has 1 aromatic rings. The normalized spacial score (nSPS) is 20.8.